The molecule has 3 rings (SSSR count). The summed E-state index contributed by atoms with van der Waals surface area (Å²) in [5.74, 6) is -2.19. The van der Waals surface area contributed by atoms with Crippen molar-refractivity contribution in [3.05, 3.63) is 29.3 Å². The Hall–Kier alpha value is -2.70. The molecule has 20 heavy (non-hydrogen) atoms. The number of fused-ring (bicyclic) bond motifs is 1. The van der Waals surface area contributed by atoms with Crippen molar-refractivity contribution in [1.29, 1.82) is 0 Å². The summed E-state index contributed by atoms with van der Waals surface area (Å²) >= 11 is 0. The Bertz CT molecular complexity index is 668. The van der Waals surface area contributed by atoms with Gasteiger partial charge in [-0.2, -0.15) is 0 Å². The molecule has 0 saturated carbocycles. The van der Waals surface area contributed by atoms with Crippen molar-refractivity contribution < 1.29 is 19.2 Å². The van der Waals surface area contributed by atoms with Crippen molar-refractivity contribution in [2.45, 2.75) is 6.42 Å². The van der Waals surface area contributed by atoms with E-state index >= 15 is 0 Å². The molecule has 1 fully saturated rings. The van der Waals surface area contributed by atoms with Crippen LogP contribution in [0.5, 0.6) is 0 Å². The van der Waals surface area contributed by atoms with Gasteiger partial charge in [0.15, 0.2) is 0 Å². The van der Waals surface area contributed by atoms with E-state index < -0.39 is 23.6 Å². The summed E-state index contributed by atoms with van der Waals surface area (Å²) in [5, 5.41) is 2.18. The van der Waals surface area contributed by atoms with Crippen LogP contribution in [0.1, 0.15) is 27.1 Å². The molecule has 3 N–H and O–H groups in total. The second-order valence-corrected chi connectivity index (χ2v) is 4.82. The molecule has 0 radical (unpaired) electrons. The van der Waals surface area contributed by atoms with Gasteiger partial charge in [0, 0.05) is 18.7 Å². The summed E-state index contributed by atoms with van der Waals surface area (Å²) in [6.07, 6.45) is 0.0670. The van der Waals surface area contributed by atoms with Gasteiger partial charge >= 0.3 is 0 Å². The lowest BCUT2D eigenvalue weighted by atomic mass is 10.1. The fourth-order valence-electron chi connectivity index (χ4n) is 2.47. The van der Waals surface area contributed by atoms with Crippen LogP contribution in [0.3, 0.4) is 0 Å². The number of primary amides is 1. The Morgan fingerprint density at radius 3 is 2.55 bits per heavy atom. The van der Waals surface area contributed by atoms with E-state index in [1.165, 1.54) is 17.0 Å². The average Bonchev–Trinajstić information content (AvgIpc) is 2.91. The highest BCUT2D eigenvalue weighted by molar-refractivity contribution is 6.22. The molecule has 1 atom stereocenters. The van der Waals surface area contributed by atoms with E-state index in [0.717, 1.165) is 0 Å². The third kappa shape index (κ3) is 1.75. The van der Waals surface area contributed by atoms with E-state index in [0.29, 0.717) is 5.69 Å². The number of carbonyl (C=O) groups excluding carboxylic acids is 4. The number of benzene rings is 1. The fourth-order valence-corrected chi connectivity index (χ4v) is 2.47. The van der Waals surface area contributed by atoms with E-state index in [2.05, 4.69) is 5.32 Å². The van der Waals surface area contributed by atoms with E-state index in [1.54, 1.807) is 6.07 Å². The zero-order valence-electron chi connectivity index (χ0n) is 10.4. The van der Waals surface area contributed by atoms with E-state index in [9.17, 15) is 19.2 Å². The molecular formula is C13H11N3O4. The van der Waals surface area contributed by atoms with Gasteiger partial charge in [-0.25, -0.2) is 0 Å². The van der Waals surface area contributed by atoms with Crippen molar-refractivity contribution in [3.63, 3.8) is 0 Å². The van der Waals surface area contributed by atoms with Gasteiger partial charge in [0.25, 0.3) is 11.8 Å². The van der Waals surface area contributed by atoms with Crippen LogP contribution in [0.4, 0.5) is 5.69 Å². The second kappa shape index (κ2) is 4.16. The molecule has 1 unspecified atom stereocenters. The summed E-state index contributed by atoms with van der Waals surface area (Å²) in [6, 6.07) is 4.56. The van der Waals surface area contributed by atoms with Crippen molar-refractivity contribution in [3.8, 4) is 0 Å². The SMILES string of the molecule is NC(=O)C1CC(=O)N(c2ccc3c(c2)C(=O)NC3=O)C1. The van der Waals surface area contributed by atoms with Crippen LogP contribution in [0.25, 0.3) is 0 Å². The molecule has 102 valence electrons. The van der Waals surface area contributed by atoms with E-state index in [1.807, 2.05) is 0 Å². The quantitative estimate of drug-likeness (QED) is 0.701. The minimum Gasteiger partial charge on any atom is -0.369 e. The second-order valence-electron chi connectivity index (χ2n) is 4.82. The maximum absolute atomic E-state index is 11.9. The molecule has 2 aliphatic rings. The highest BCUT2D eigenvalue weighted by atomic mass is 16.2. The smallest absolute Gasteiger partial charge is 0.259 e. The van der Waals surface area contributed by atoms with Gasteiger partial charge in [0.1, 0.15) is 0 Å². The summed E-state index contributed by atoms with van der Waals surface area (Å²) in [7, 11) is 0. The third-order valence-corrected chi connectivity index (χ3v) is 3.56. The number of amides is 4. The predicted octanol–water partition coefficient (Wildman–Crippen LogP) is -0.592. The van der Waals surface area contributed by atoms with Gasteiger partial charge in [0.05, 0.1) is 17.0 Å². The largest absolute Gasteiger partial charge is 0.369 e. The Morgan fingerprint density at radius 2 is 1.90 bits per heavy atom. The van der Waals surface area contributed by atoms with Crippen molar-refractivity contribution in [1.82, 2.24) is 5.32 Å². The first-order valence-corrected chi connectivity index (χ1v) is 6.07. The summed E-state index contributed by atoms with van der Waals surface area (Å²) in [4.78, 5) is 47.5. The summed E-state index contributed by atoms with van der Waals surface area (Å²) < 4.78 is 0. The molecule has 7 nitrogen and oxygen atoms in total. The molecule has 7 heteroatoms. The van der Waals surface area contributed by atoms with Gasteiger partial charge < -0.3 is 10.6 Å². The number of carbonyl (C=O) groups is 4. The fraction of sp³-hybridized carbons (Fsp3) is 0.231. The molecule has 1 aromatic carbocycles. The van der Waals surface area contributed by atoms with Gasteiger partial charge in [-0.05, 0) is 18.2 Å². The standard InChI is InChI=1S/C13H11N3O4/c14-11(18)6-3-10(17)16(5-6)7-1-2-8-9(4-7)13(20)15-12(8)19/h1-2,4,6H,3,5H2,(H2,14,18)(H,15,19,20). The molecular weight excluding hydrogens is 262 g/mol. The van der Waals surface area contributed by atoms with Crippen LogP contribution in [-0.2, 0) is 9.59 Å². The summed E-state index contributed by atoms with van der Waals surface area (Å²) in [5.41, 5.74) is 6.22. The number of rotatable bonds is 2. The molecule has 0 aliphatic carbocycles. The van der Waals surface area contributed by atoms with Gasteiger partial charge in [-0.15, -0.1) is 0 Å². The van der Waals surface area contributed by atoms with E-state index in [4.69, 9.17) is 5.73 Å². The Balaban J connectivity index is 1.95. The number of imide groups is 1. The minimum atomic E-state index is -0.522. The zero-order chi connectivity index (χ0) is 14.4. The van der Waals surface area contributed by atoms with Crippen LogP contribution < -0.4 is 16.0 Å². The number of nitrogens with one attached hydrogen (secondary N) is 1. The zero-order valence-corrected chi connectivity index (χ0v) is 10.4. The van der Waals surface area contributed by atoms with Crippen molar-refractivity contribution >= 4 is 29.3 Å². The number of anilines is 1. The van der Waals surface area contributed by atoms with E-state index in [-0.39, 0.29) is 30.0 Å². The number of hydrogen-bond acceptors (Lipinski definition) is 4. The maximum Gasteiger partial charge on any atom is 0.259 e. The van der Waals surface area contributed by atoms with Crippen molar-refractivity contribution in [2.24, 2.45) is 11.7 Å². The molecule has 0 spiro atoms. The molecule has 2 aliphatic heterocycles. The van der Waals surface area contributed by atoms with Crippen LogP contribution in [0.2, 0.25) is 0 Å². The number of nitrogens with two attached hydrogens (primary N) is 1. The van der Waals surface area contributed by atoms with Gasteiger partial charge in [-0.1, -0.05) is 0 Å². The first kappa shape index (κ1) is 12.3. The number of hydrogen-bond donors (Lipinski definition) is 2. The molecule has 4 amide bonds. The highest BCUT2D eigenvalue weighted by Crippen LogP contribution is 2.28. The molecule has 0 aromatic heterocycles. The Labute approximate surface area is 113 Å². The molecule has 1 saturated heterocycles. The first-order chi connectivity index (χ1) is 9.47. The topological polar surface area (TPSA) is 110 Å². The van der Waals surface area contributed by atoms with Crippen molar-refractivity contribution in [2.75, 3.05) is 11.4 Å². The van der Waals surface area contributed by atoms with Gasteiger partial charge in [0.2, 0.25) is 11.8 Å². The predicted molar refractivity (Wildman–Crippen MR) is 67.9 cm³/mol. The normalized spacial score (nSPS) is 21.1. The van der Waals surface area contributed by atoms with Crippen LogP contribution in [0.15, 0.2) is 18.2 Å². The molecule has 0 bridgehead atoms. The number of nitrogens with zero attached hydrogens (tertiary/aromatic N) is 1. The lowest BCUT2D eigenvalue weighted by Crippen LogP contribution is -2.28. The molecule has 1 aromatic rings. The average molecular weight is 273 g/mol. The first-order valence-electron chi connectivity index (χ1n) is 6.07. The van der Waals surface area contributed by atoms with Crippen LogP contribution in [0, 0.1) is 5.92 Å². The third-order valence-electron chi connectivity index (χ3n) is 3.56. The Morgan fingerprint density at radius 1 is 1.20 bits per heavy atom. The monoisotopic (exact) mass is 273 g/mol. The lowest BCUT2D eigenvalue weighted by Gasteiger charge is -2.16. The molecule has 2 heterocycles. The van der Waals surface area contributed by atoms with Crippen LogP contribution in [-0.4, -0.2) is 30.2 Å². The summed E-state index contributed by atoms with van der Waals surface area (Å²) in [6.45, 7) is 0.197. The van der Waals surface area contributed by atoms with Gasteiger partial charge in [-0.3, -0.25) is 24.5 Å². The highest BCUT2D eigenvalue weighted by Gasteiger charge is 2.35. The minimum absolute atomic E-state index is 0.0670. The lowest BCUT2D eigenvalue weighted by molar-refractivity contribution is -0.123. The maximum atomic E-state index is 11.9. The van der Waals surface area contributed by atoms with Crippen LogP contribution >= 0.6 is 0 Å². The Kier molecular flexibility index (Phi) is 2.56.